The van der Waals surface area contributed by atoms with Crippen molar-refractivity contribution in [3.05, 3.63) is 63.7 Å². The van der Waals surface area contributed by atoms with Crippen LogP contribution >= 0.6 is 0 Å². The summed E-state index contributed by atoms with van der Waals surface area (Å²) in [5.41, 5.74) is 0.590. The molecule has 0 aromatic heterocycles. The zero-order valence-electron chi connectivity index (χ0n) is 31.6. The molecule has 2 aromatic carbocycles. The summed E-state index contributed by atoms with van der Waals surface area (Å²) >= 11 is 0. The summed E-state index contributed by atoms with van der Waals surface area (Å²) in [4.78, 5) is 63.8. The van der Waals surface area contributed by atoms with E-state index in [4.69, 9.17) is 23.7 Å². The molecule has 2 aromatic rings. The summed E-state index contributed by atoms with van der Waals surface area (Å²) in [5.74, 6) is -1.51. The molecule has 0 bridgehead atoms. The normalized spacial score (nSPS) is 13.5. The highest BCUT2D eigenvalue weighted by atomic mass is 16.7. The van der Waals surface area contributed by atoms with Gasteiger partial charge in [-0.15, -0.1) is 0 Å². The number of nitro groups is 1. The second-order valence-electron chi connectivity index (χ2n) is 13.7. The van der Waals surface area contributed by atoms with Gasteiger partial charge in [0.2, 0.25) is 18.1 Å². The number of ether oxygens (including phenoxy) is 5. The molecule has 288 valence electrons. The van der Waals surface area contributed by atoms with Gasteiger partial charge in [-0.3, -0.25) is 24.5 Å². The number of benzene rings is 2. The third-order valence-corrected chi connectivity index (χ3v) is 7.72. The average Bonchev–Trinajstić information content (AvgIpc) is 3.07. The first-order valence-corrected chi connectivity index (χ1v) is 17.3. The van der Waals surface area contributed by atoms with Crippen LogP contribution in [0.25, 0.3) is 0 Å². The van der Waals surface area contributed by atoms with Crippen molar-refractivity contribution in [3.63, 3.8) is 0 Å². The fraction of sp³-hybridized carbons (Fsp3) is 0.568. The van der Waals surface area contributed by atoms with Gasteiger partial charge < -0.3 is 39.6 Å². The van der Waals surface area contributed by atoms with Crippen molar-refractivity contribution in [2.24, 2.45) is 17.8 Å². The van der Waals surface area contributed by atoms with Crippen molar-refractivity contribution in [2.75, 3.05) is 14.2 Å². The van der Waals surface area contributed by atoms with Gasteiger partial charge in [0.15, 0.2) is 11.5 Å². The topological polar surface area (TPSA) is 194 Å². The Morgan fingerprint density at radius 2 is 1.29 bits per heavy atom. The van der Waals surface area contributed by atoms with E-state index >= 15 is 0 Å². The molecule has 0 aliphatic rings. The zero-order valence-corrected chi connectivity index (χ0v) is 31.6. The Labute approximate surface area is 305 Å². The summed E-state index contributed by atoms with van der Waals surface area (Å²) in [6.45, 7) is 12.2. The van der Waals surface area contributed by atoms with Crippen LogP contribution in [0.2, 0.25) is 0 Å². The van der Waals surface area contributed by atoms with E-state index in [-0.39, 0.29) is 73.0 Å². The van der Waals surface area contributed by atoms with E-state index in [0.29, 0.717) is 0 Å². The number of amides is 3. The zero-order chi connectivity index (χ0) is 39.0. The maximum absolute atomic E-state index is 13.9. The lowest BCUT2D eigenvalue weighted by Gasteiger charge is -2.31. The van der Waals surface area contributed by atoms with E-state index in [1.165, 1.54) is 33.3 Å². The molecular formula is C37H54N4O11. The average molecular weight is 731 g/mol. The van der Waals surface area contributed by atoms with Crippen LogP contribution in [0.3, 0.4) is 0 Å². The van der Waals surface area contributed by atoms with Gasteiger partial charge in [-0.25, -0.2) is 4.79 Å². The molecule has 2 rings (SSSR count). The molecule has 0 heterocycles. The first kappa shape index (κ1) is 43.2. The molecule has 15 heteroatoms. The number of nitrogens with one attached hydrogen (secondary N) is 3. The van der Waals surface area contributed by atoms with E-state index < -0.39 is 53.2 Å². The SMILES string of the molecule is COc1cc(COC(OC(C)=O)[C@H](CC(C)C)NC(=O)[C@H](CC(C)C)NC(=O)[C@H](CC(C)C)NC(=O)OCc2ccccc2)c([N+](=O)[O-])cc1OC. The summed E-state index contributed by atoms with van der Waals surface area (Å²) in [6.07, 6.45) is -1.33. The van der Waals surface area contributed by atoms with Crippen LogP contribution in [0.1, 0.15) is 78.9 Å². The highest BCUT2D eigenvalue weighted by molar-refractivity contribution is 5.91. The number of carbonyl (C=O) groups is 4. The van der Waals surface area contributed by atoms with Crippen LogP contribution in [0, 0.1) is 27.9 Å². The van der Waals surface area contributed by atoms with Crippen molar-refractivity contribution in [3.8, 4) is 11.5 Å². The Kier molecular flexibility index (Phi) is 17.8. The van der Waals surface area contributed by atoms with Crippen LogP contribution in [0.15, 0.2) is 42.5 Å². The molecule has 0 radical (unpaired) electrons. The smallest absolute Gasteiger partial charge is 0.408 e. The summed E-state index contributed by atoms with van der Waals surface area (Å²) < 4.78 is 27.3. The minimum absolute atomic E-state index is 0.0149. The van der Waals surface area contributed by atoms with Gasteiger partial charge in [-0.2, -0.15) is 0 Å². The minimum atomic E-state index is -1.36. The van der Waals surface area contributed by atoms with Gasteiger partial charge in [0, 0.05) is 6.92 Å². The second kappa shape index (κ2) is 21.4. The van der Waals surface area contributed by atoms with E-state index in [1.54, 1.807) is 0 Å². The predicted octanol–water partition coefficient (Wildman–Crippen LogP) is 5.42. The van der Waals surface area contributed by atoms with Crippen LogP contribution in [-0.4, -0.2) is 67.4 Å². The number of hydrogen-bond acceptors (Lipinski definition) is 11. The molecular weight excluding hydrogens is 676 g/mol. The molecule has 3 amide bonds. The Morgan fingerprint density at radius 3 is 1.81 bits per heavy atom. The van der Waals surface area contributed by atoms with Crippen LogP contribution in [0.5, 0.6) is 11.5 Å². The number of carbonyl (C=O) groups excluding carboxylic acids is 4. The number of alkyl carbamates (subject to hydrolysis) is 1. The van der Waals surface area contributed by atoms with Crippen molar-refractivity contribution >= 4 is 29.6 Å². The fourth-order valence-electron chi connectivity index (χ4n) is 5.38. The number of esters is 1. The lowest BCUT2D eigenvalue weighted by Crippen LogP contribution is -2.57. The van der Waals surface area contributed by atoms with E-state index in [9.17, 15) is 29.3 Å². The van der Waals surface area contributed by atoms with Gasteiger partial charge in [0.05, 0.1) is 43.4 Å². The van der Waals surface area contributed by atoms with Crippen molar-refractivity contribution < 1.29 is 47.8 Å². The van der Waals surface area contributed by atoms with Gasteiger partial charge in [0.25, 0.3) is 5.69 Å². The molecule has 3 N–H and O–H groups in total. The first-order chi connectivity index (χ1) is 24.5. The summed E-state index contributed by atoms with van der Waals surface area (Å²) in [6, 6.07) is 8.76. The quantitative estimate of drug-likeness (QED) is 0.0643. The maximum Gasteiger partial charge on any atom is 0.408 e. The first-order valence-electron chi connectivity index (χ1n) is 17.3. The van der Waals surface area contributed by atoms with Gasteiger partial charge >= 0.3 is 12.1 Å². The molecule has 52 heavy (non-hydrogen) atoms. The molecule has 0 aliphatic carbocycles. The summed E-state index contributed by atoms with van der Waals surface area (Å²) in [7, 11) is 2.74. The minimum Gasteiger partial charge on any atom is -0.493 e. The largest absolute Gasteiger partial charge is 0.493 e. The molecule has 1 unspecified atom stereocenters. The molecule has 0 spiro atoms. The summed E-state index contributed by atoms with van der Waals surface area (Å²) in [5, 5.41) is 20.2. The number of rotatable bonds is 21. The predicted molar refractivity (Wildman–Crippen MR) is 192 cm³/mol. The third kappa shape index (κ3) is 14.7. The monoisotopic (exact) mass is 730 g/mol. The van der Waals surface area contributed by atoms with Gasteiger partial charge in [0.1, 0.15) is 18.7 Å². The van der Waals surface area contributed by atoms with Crippen LogP contribution in [-0.2, 0) is 41.8 Å². The highest BCUT2D eigenvalue weighted by Gasteiger charge is 2.34. The molecule has 0 aliphatic heterocycles. The Balaban J connectivity index is 2.32. The standard InChI is InChI=1S/C37H54N4O11/c1-22(2)15-28(38-35(44)29(16-23(3)4)40-37(45)51-20-26-13-11-10-12-14-26)34(43)39-30(17-24(5)6)36(52-25(7)42)50-21-27-18-32(48-8)33(49-9)19-31(27)41(46)47/h10-14,18-19,22-24,28-30,36H,15-17,20-21H2,1-9H3,(H,38,44)(H,39,43)(H,40,45)/t28-,29-,30-,36?/m0/s1. The fourth-order valence-corrected chi connectivity index (χ4v) is 5.38. The molecule has 15 nitrogen and oxygen atoms in total. The highest BCUT2D eigenvalue weighted by Crippen LogP contribution is 2.35. The molecule has 0 saturated carbocycles. The Bertz CT molecular complexity index is 1480. The van der Waals surface area contributed by atoms with Gasteiger partial charge in [-0.05, 0) is 48.6 Å². The van der Waals surface area contributed by atoms with Crippen LogP contribution < -0.4 is 25.4 Å². The second-order valence-corrected chi connectivity index (χ2v) is 13.7. The van der Waals surface area contributed by atoms with Crippen molar-refractivity contribution in [2.45, 2.75) is 105 Å². The Morgan fingerprint density at radius 1 is 0.750 bits per heavy atom. The molecule has 0 saturated heterocycles. The van der Waals surface area contributed by atoms with E-state index in [0.717, 1.165) is 5.56 Å². The van der Waals surface area contributed by atoms with Crippen LogP contribution in [0.4, 0.5) is 10.5 Å². The number of hydrogen-bond donors (Lipinski definition) is 3. The number of nitrogens with zero attached hydrogens (tertiary/aromatic N) is 1. The molecule has 0 fully saturated rings. The van der Waals surface area contributed by atoms with Crippen molar-refractivity contribution in [1.82, 2.24) is 16.0 Å². The lowest BCUT2D eigenvalue weighted by molar-refractivity contribution is -0.386. The Hall–Kier alpha value is -4.92. The number of methoxy groups -OCH3 is 2. The van der Waals surface area contributed by atoms with E-state index in [1.807, 2.05) is 71.9 Å². The van der Waals surface area contributed by atoms with Crippen molar-refractivity contribution in [1.29, 1.82) is 0 Å². The lowest BCUT2D eigenvalue weighted by atomic mass is 9.99. The number of nitro benzene ring substituents is 1. The maximum atomic E-state index is 13.9. The van der Waals surface area contributed by atoms with Gasteiger partial charge in [-0.1, -0.05) is 71.9 Å². The van der Waals surface area contributed by atoms with E-state index in [2.05, 4.69) is 16.0 Å². The molecule has 4 atom stereocenters. The third-order valence-electron chi connectivity index (χ3n) is 7.72.